The highest BCUT2D eigenvalue weighted by atomic mass is 35.5. The number of halogens is 1. The van der Waals surface area contributed by atoms with Gasteiger partial charge in [0.15, 0.2) is 0 Å². The van der Waals surface area contributed by atoms with E-state index in [1.54, 1.807) is 0 Å². The van der Waals surface area contributed by atoms with Gasteiger partial charge in [-0.1, -0.05) is 4.59 Å². The molecule has 1 aliphatic rings. The lowest BCUT2D eigenvalue weighted by atomic mass is 10.5. The molecule has 1 atom stereocenters. The Bertz CT molecular complexity index is 287. The summed E-state index contributed by atoms with van der Waals surface area (Å²) in [5, 5.41) is 8.52. The van der Waals surface area contributed by atoms with E-state index < -0.39 is 10.7 Å². The molecule has 1 rings (SSSR count). The Hall–Kier alpha value is -1.11. The summed E-state index contributed by atoms with van der Waals surface area (Å²) in [5.74, 6) is 5.35. The summed E-state index contributed by atoms with van der Waals surface area (Å²) in [7, 11) is 0. The van der Waals surface area contributed by atoms with Gasteiger partial charge in [-0.15, -0.1) is 0 Å². The lowest BCUT2D eigenvalue weighted by molar-refractivity contribution is -0.815. The maximum absolute atomic E-state index is 10.6. The van der Waals surface area contributed by atoms with Gasteiger partial charge in [-0.25, -0.2) is 4.99 Å². The second-order valence-electron chi connectivity index (χ2n) is 2.32. The van der Waals surface area contributed by atoms with E-state index in [1.165, 1.54) is 6.21 Å². The molecule has 0 aliphatic carbocycles. The van der Waals surface area contributed by atoms with Crippen LogP contribution in [0.25, 0.3) is 0 Å². The van der Waals surface area contributed by atoms with Crippen molar-refractivity contribution >= 4 is 23.9 Å². The van der Waals surface area contributed by atoms with Gasteiger partial charge in [-0.2, -0.15) is 10.6 Å². The molecule has 1 amide bonds. The van der Waals surface area contributed by atoms with Gasteiger partial charge in [-0.05, 0) is 11.6 Å². The highest BCUT2D eigenvalue weighted by molar-refractivity contribution is 6.29. The van der Waals surface area contributed by atoms with Crippen LogP contribution < -0.4 is 11.6 Å². The third-order valence-electron chi connectivity index (χ3n) is 1.50. The van der Waals surface area contributed by atoms with Crippen molar-refractivity contribution in [2.24, 2.45) is 16.6 Å². The molecule has 0 spiro atoms. The van der Waals surface area contributed by atoms with E-state index in [0.717, 1.165) is 0 Å². The molecule has 12 heavy (non-hydrogen) atoms. The summed E-state index contributed by atoms with van der Waals surface area (Å²) in [6.45, 7) is -0.00509. The number of nitrogens with zero attached hydrogens (tertiary/aromatic N) is 2. The van der Waals surface area contributed by atoms with Crippen LogP contribution in [-0.4, -0.2) is 28.6 Å². The zero-order valence-electron chi connectivity index (χ0n) is 6.07. The zero-order chi connectivity index (χ0) is 9.35. The van der Waals surface area contributed by atoms with Crippen molar-refractivity contribution in [1.29, 1.82) is 0 Å². The first-order chi connectivity index (χ1) is 5.48. The third-order valence-corrected chi connectivity index (χ3v) is 2.00. The van der Waals surface area contributed by atoms with Crippen molar-refractivity contribution in [2.45, 2.75) is 0 Å². The van der Waals surface area contributed by atoms with E-state index in [1.807, 2.05) is 0 Å². The smallest absolute Gasteiger partial charge is 0.434 e. The minimum Gasteiger partial charge on any atom is -0.434 e. The Morgan fingerprint density at radius 3 is 2.83 bits per heavy atom. The molecule has 0 unspecified atom stereocenters. The summed E-state index contributed by atoms with van der Waals surface area (Å²) in [4.78, 5) is 14.3. The number of nitrogens with two attached hydrogens (primary N) is 2. The summed E-state index contributed by atoms with van der Waals surface area (Å²) in [5.41, 5.74) is 5.28. The average Bonchev–Trinajstić information content (AvgIpc) is 2.00. The summed E-state index contributed by atoms with van der Waals surface area (Å²) in [6, 6.07) is 0. The molecule has 6 nitrogen and oxygen atoms in total. The average molecular weight is 192 g/mol. The number of carboxylic acid groups (broad SMARTS) is 1. The van der Waals surface area contributed by atoms with Crippen LogP contribution in [0.3, 0.4) is 0 Å². The first-order valence-electron chi connectivity index (χ1n) is 3.07. The first kappa shape index (κ1) is 8.98. The van der Waals surface area contributed by atoms with Gasteiger partial charge in [0.1, 0.15) is 6.54 Å². The minimum atomic E-state index is -1.27. The lowest BCUT2D eigenvalue weighted by Crippen LogP contribution is -2.58. The number of rotatable bonds is 0. The van der Waals surface area contributed by atoms with E-state index in [-0.39, 0.29) is 17.5 Å². The predicted molar refractivity (Wildman–Crippen MR) is 42.9 cm³/mol. The Labute approximate surface area is 73.3 Å². The fourth-order valence-corrected chi connectivity index (χ4v) is 0.958. The number of carbonyl (C=O) groups is 1. The van der Waals surface area contributed by atoms with Crippen LogP contribution in [0, 0.1) is 0 Å². The summed E-state index contributed by atoms with van der Waals surface area (Å²) >= 11 is 5.58. The van der Waals surface area contributed by atoms with Crippen LogP contribution in [0.4, 0.5) is 4.79 Å². The molecule has 66 valence electrons. The van der Waals surface area contributed by atoms with E-state index in [4.69, 9.17) is 28.3 Å². The van der Waals surface area contributed by atoms with Crippen molar-refractivity contribution in [2.75, 3.05) is 6.54 Å². The molecule has 0 aromatic rings. The largest absolute Gasteiger partial charge is 0.539 e. The van der Waals surface area contributed by atoms with Gasteiger partial charge < -0.3 is 10.8 Å². The highest BCUT2D eigenvalue weighted by Gasteiger charge is 2.41. The number of hydrogen-bond donors (Lipinski definition) is 3. The molecule has 0 radical (unpaired) electrons. The molecule has 1 aliphatic heterocycles. The molecule has 0 saturated heterocycles. The quantitative estimate of drug-likeness (QED) is 0.213. The Morgan fingerprint density at radius 2 is 2.42 bits per heavy atom. The van der Waals surface area contributed by atoms with Gasteiger partial charge in [0.2, 0.25) is 5.82 Å². The van der Waals surface area contributed by atoms with Crippen LogP contribution in [0.1, 0.15) is 0 Å². The van der Waals surface area contributed by atoms with Crippen LogP contribution in [0.15, 0.2) is 16.0 Å². The van der Waals surface area contributed by atoms with Crippen molar-refractivity contribution in [3.05, 3.63) is 11.0 Å². The van der Waals surface area contributed by atoms with Gasteiger partial charge in [0, 0.05) is 0 Å². The molecule has 0 fully saturated rings. The fourth-order valence-electron chi connectivity index (χ4n) is 0.768. The van der Waals surface area contributed by atoms with Gasteiger partial charge in [-0.3, -0.25) is 0 Å². The number of aliphatic imine (C=N–C) groups is 1. The number of hydrogen-bond acceptors (Lipinski definition) is 4. The molecule has 0 aromatic heterocycles. The monoisotopic (exact) mass is 191 g/mol. The van der Waals surface area contributed by atoms with Gasteiger partial charge in [0.25, 0.3) is 5.16 Å². The van der Waals surface area contributed by atoms with Crippen molar-refractivity contribution in [3.63, 3.8) is 0 Å². The summed E-state index contributed by atoms with van der Waals surface area (Å²) < 4.78 is -0.934. The molecule has 0 saturated carbocycles. The SMILES string of the molecule is NC1=C(Cl)[N@@+](N)(C(=O)O)CC=N1. The normalized spacial score (nSPS) is 29.2. The van der Waals surface area contributed by atoms with E-state index in [0.29, 0.717) is 0 Å². The van der Waals surface area contributed by atoms with Crippen LogP contribution in [0.2, 0.25) is 0 Å². The van der Waals surface area contributed by atoms with E-state index in [2.05, 4.69) is 4.99 Å². The number of amides is 1. The minimum absolute atomic E-state index is 0.00509. The zero-order valence-corrected chi connectivity index (χ0v) is 6.82. The topological polar surface area (TPSA) is 102 Å². The van der Waals surface area contributed by atoms with E-state index in [9.17, 15) is 4.79 Å². The molecule has 0 bridgehead atoms. The molecule has 7 heteroatoms. The molecule has 0 aromatic carbocycles. The lowest BCUT2D eigenvalue weighted by Gasteiger charge is -2.25. The standard InChI is InChI=1S/C5H7ClN4O2/c6-3-4(7)9-1-2-10(3,8)5(11)12/h1H,2,7-8H2/p+1/t10-/m1/s1. The summed E-state index contributed by atoms with van der Waals surface area (Å²) in [6.07, 6.45) is 0.0455. The maximum Gasteiger partial charge on any atom is 0.539 e. The Morgan fingerprint density at radius 1 is 1.83 bits per heavy atom. The first-order valence-corrected chi connectivity index (χ1v) is 3.45. The van der Waals surface area contributed by atoms with E-state index >= 15 is 0 Å². The number of quaternary nitrogens is 1. The van der Waals surface area contributed by atoms with Crippen molar-refractivity contribution in [1.82, 2.24) is 0 Å². The van der Waals surface area contributed by atoms with Crippen molar-refractivity contribution in [3.8, 4) is 0 Å². The molecule has 5 N–H and O–H groups in total. The maximum atomic E-state index is 10.6. The predicted octanol–water partition coefficient (Wildman–Crippen LogP) is -0.237. The Kier molecular flexibility index (Phi) is 2.05. The fraction of sp³-hybridized carbons (Fsp3) is 0.200. The van der Waals surface area contributed by atoms with Crippen LogP contribution in [-0.2, 0) is 0 Å². The van der Waals surface area contributed by atoms with Gasteiger partial charge >= 0.3 is 6.09 Å². The van der Waals surface area contributed by atoms with Crippen LogP contribution in [0.5, 0.6) is 0 Å². The molecular weight excluding hydrogens is 184 g/mol. The third kappa shape index (κ3) is 1.15. The van der Waals surface area contributed by atoms with Gasteiger partial charge in [0.05, 0.1) is 6.21 Å². The molecule has 1 heterocycles. The molecular formula is C5H8ClN4O2+. The van der Waals surface area contributed by atoms with Crippen molar-refractivity contribution < 1.29 is 14.5 Å². The Balaban J connectivity index is 3.12. The second kappa shape index (κ2) is 2.74. The van der Waals surface area contributed by atoms with Crippen LogP contribution >= 0.6 is 11.6 Å². The second-order valence-corrected chi connectivity index (χ2v) is 2.68. The highest BCUT2D eigenvalue weighted by Crippen LogP contribution is 2.21.